The van der Waals surface area contributed by atoms with E-state index in [9.17, 15) is 4.79 Å². The summed E-state index contributed by atoms with van der Waals surface area (Å²) in [6.45, 7) is 2.28. The van der Waals surface area contributed by atoms with Crippen molar-refractivity contribution in [2.24, 2.45) is 5.92 Å². The molecule has 1 aliphatic carbocycles. The van der Waals surface area contributed by atoms with Gasteiger partial charge in [-0.05, 0) is 57.0 Å². The molecule has 2 fully saturated rings. The lowest BCUT2D eigenvalue weighted by atomic mass is 9.93. The van der Waals surface area contributed by atoms with Crippen LogP contribution in [0.25, 0.3) is 11.4 Å². The van der Waals surface area contributed by atoms with Gasteiger partial charge >= 0.3 is 0 Å². The number of benzene rings is 1. The monoisotopic (exact) mass is 464 g/mol. The zero-order valence-corrected chi connectivity index (χ0v) is 19.3. The molecular weight excluding hydrogens is 435 g/mol. The number of hydrogen-bond acceptors (Lipinski definition) is 5. The number of amides is 1. The van der Waals surface area contributed by atoms with Gasteiger partial charge < -0.3 is 9.84 Å². The first-order valence-electron chi connectivity index (χ1n) is 11.4. The number of nitrogens with one attached hydrogen (secondary N) is 1. The van der Waals surface area contributed by atoms with Crippen LogP contribution in [-0.2, 0) is 11.3 Å². The number of piperidine rings is 1. The van der Waals surface area contributed by atoms with Crippen LogP contribution in [0.3, 0.4) is 0 Å². The van der Waals surface area contributed by atoms with Crippen molar-refractivity contribution in [3.05, 3.63) is 34.1 Å². The van der Waals surface area contributed by atoms with Gasteiger partial charge in [0.2, 0.25) is 17.6 Å². The molecule has 1 aromatic heterocycles. The van der Waals surface area contributed by atoms with Crippen molar-refractivity contribution in [3.63, 3.8) is 0 Å². The largest absolute Gasteiger partial charge is 0.353 e. The highest BCUT2D eigenvalue weighted by Gasteiger charge is 2.27. The van der Waals surface area contributed by atoms with E-state index in [2.05, 4.69) is 20.4 Å². The van der Waals surface area contributed by atoms with Crippen molar-refractivity contribution in [1.82, 2.24) is 20.4 Å². The van der Waals surface area contributed by atoms with Crippen LogP contribution in [0.4, 0.5) is 0 Å². The number of nitrogens with zero attached hydrogens (tertiary/aromatic N) is 3. The van der Waals surface area contributed by atoms with Gasteiger partial charge in [-0.1, -0.05) is 60.5 Å². The zero-order chi connectivity index (χ0) is 21.6. The van der Waals surface area contributed by atoms with Gasteiger partial charge in [-0.15, -0.1) is 0 Å². The van der Waals surface area contributed by atoms with E-state index in [0.29, 0.717) is 39.9 Å². The standard InChI is InChI=1S/C23H30Cl2N4O2/c24-17-8-9-19(20(25)14-17)22-27-21(31-28-22)15-29-12-10-16(11-13-29)23(30)26-18-6-4-2-1-3-5-7-18/h8-9,14,16,18H,1-7,10-13,15H2,(H,26,30). The van der Waals surface area contributed by atoms with Gasteiger partial charge in [-0.2, -0.15) is 4.98 Å². The van der Waals surface area contributed by atoms with E-state index in [1.54, 1.807) is 18.2 Å². The second-order valence-corrected chi connectivity index (χ2v) is 9.58. The third kappa shape index (κ3) is 6.21. The van der Waals surface area contributed by atoms with Crippen LogP contribution in [0.1, 0.15) is 63.7 Å². The predicted molar refractivity (Wildman–Crippen MR) is 122 cm³/mol. The minimum atomic E-state index is 0.104. The van der Waals surface area contributed by atoms with Crippen LogP contribution < -0.4 is 5.32 Å². The Morgan fingerprint density at radius 3 is 2.48 bits per heavy atom. The number of hydrogen-bond donors (Lipinski definition) is 1. The third-order valence-corrected chi connectivity index (χ3v) is 6.96. The van der Waals surface area contributed by atoms with E-state index in [-0.39, 0.29) is 11.8 Å². The normalized spacial score (nSPS) is 19.7. The molecule has 4 rings (SSSR count). The van der Waals surface area contributed by atoms with Crippen LogP contribution >= 0.6 is 23.2 Å². The van der Waals surface area contributed by atoms with E-state index in [0.717, 1.165) is 38.8 Å². The SMILES string of the molecule is O=C(NC1CCCCCCC1)C1CCN(Cc2nc(-c3ccc(Cl)cc3Cl)no2)CC1. The predicted octanol–water partition coefficient (Wildman–Crippen LogP) is 5.48. The number of likely N-dealkylation sites (tertiary alicyclic amines) is 1. The molecule has 1 amide bonds. The molecule has 1 saturated heterocycles. The molecule has 31 heavy (non-hydrogen) atoms. The maximum Gasteiger partial charge on any atom is 0.241 e. The summed E-state index contributed by atoms with van der Waals surface area (Å²) in [6, 6.07) is 5.58. The minimum Gasteiger partial charge on any atom is -0.353 e. The fourth-order valence-corrected chi connectivity index (χ4v) is 5.06. The van der Waals surface area contributed by atoms with Gasteiger partial charge in [0.1, 0.15) is 0 Å². The highest BCUT2D eigenvalue weighted by Crippen LogP contribution is 2.29. The third-order valence-electron chi connectivity index (χ3n) is 6.41. The van der Waals surface area contributed by atoms with Gasteiger partial charge in [0.25, 0.3) is 0 Å². The van der Waals surface area contributed by atoms with Crippen molar-refractivity contribution in [1.29, 1.82) is 0 Å². The van der Waals surface area contributed by atoms with Crippen LogP contribution in [0, 0.1) is 5.92 Å². The molecule has 8 heteroatoms. The van der Waals surface area contributed by atoms with Crippen LogP contribution in [0.2, 0.25) is 10.0 Å². The van der Waals surface area contributed by atoms with Crippen molar-refractivity contribution in [3.8, 4) is 11.4 Å². The molecule has 2 aromatic rings. The molecule has 0 atom stereocenters. The summed E-state index contributed by atoms with van der Waals surface area (Å²) in [5.74, 6) is 1.36. The summed E-state index contributed by atoms with van der Waals surface area (Å²) in [7, 11) is 0. The number of aromatic nitrogens is 2. The molecule has 2 heterocycles. The van der Waals surface area contributed by atoms with Crippen molar-refractivity contribution < 1.29 is 9.32 Å². The Morgan fingerprint density at radius 2 is 1.77 bits per heavy atom. The summed E-state index contributed by atoms with van der Waals surface area (Å²) in [6.07, 6.45) is 10.4. The molecule has 168 valence electrons. The van der Waals surface area contributed by atoms with E-state index in [4.69, 9.17) is 27.7 Å². The van der Waals surface area contributed by atoms with E-state index >= 15 is 0 Å². The first-order valence-corrected chi connectivity index (χ1v) is 12.1. The second kappa shape index (κ2) is 10.8. The molecular formula is C23H30Cl2N4O2. The maximum atomic E-state index is 12.8. The summed E-state index contributed by atoms with van der Waals surface area (Å²) >= 11 is 12.2. The quantitative estimate of drug-likeness (QED) is 0.633. The van der Waals surface area contributed by atoms with Crippen molar-refractivity contribution >= 4 is 29.1 Å². The van der Waals surface area contributed by atoms with Gasteiger partial charge in [-0.25, -0.2) is 0 Å². The lowest BCUT2D eigenvalue weighted by molar-refractivity contribution is -0.127. The first kappa shape index (κ1) is 22.6. The zero-order valence-electron chi connectivity index (χ0n) is 17.8. The first-order chi connectivity index (χ1) is 15.1. The number of carbonyl (C=O) groups is 1. The average molecular weight is 465 g/mol. The topological polar surface area (TPSA) is 71.3 Å². The Bertz CT molecular complexity index is 872. The van der Waals surface area contributed by atoms with Gasteiger partial charge in [0, 0.05) is 22.5 Å². The molecule has 2 aliphatic rings. The molecule has 6 nitrogen and oxygen atoms in total. The Morgan fingerprint density at radius 1 is 1.06 bits per heavy atom. The number of halogens is 2. The Hall–Kier alpha value is -1.63. The lowest BCUT2D eigenvalue weighted by Gasteiger charge is -2.31. The molecule has 1 saturated carbocycles. The lowest BCUT2D eigenvalue weighted by Crippen LogP contribution is -2.43. The summed E-state index contributed by atoms with van der Waals surface area (Å²) < 4.78 is 5.43. The summed E-state index contributed by atoms with van der Waals surface area (Å²) in [4.78, 5) is 19.5. The Balaban J connectivity index is 1.25. The molecule has 0 bridgehead atoms. The minimum absolute atomic E-state index is 0.104. The highest BCUT2D eigenvalue weighted by molar-refractivity contribution is 6.36. The molecule has 0 spiro atoms. The van der Waals surface area contributed by atoms with Crippen LogP contribution in [0.15, 0.2) is 22.7 Å². The van der Waals surface area contributed by atoms with Crippen molar-refractivity contribution in [2.75, 3.05) is 13.1 Å². The Labute approximate surface area is 193 Å². The van der Waals surface area contributed by atoms with E-state index in [1.165, 1.54) is 32.1 Å². The summed E-state index contributed by atoms with van der Waals surface area (Å²) in [5, 5.41) is 8.46. The molecule has 0 unspecified atom stereocenters. The van der Waals surface area contributed by atoms with Gasteiger partial charge in [-0.3, -0.25) is 9.69 Å². The van der Waals surface area contributed by atoms with Gasteiger partial charge in [0.15, 0.2) is 0 Å². The second-order valence-electron chi connectivity index (χ2n) is 8.74. The fourth-order valence-electron chi connectivity index (χ4n) is 4.56. The Kier molecular flexibility index (Phi) is 7.86. The average Bonchev–Trinajstić information content (AvgIpc) is 3.18. The molecule has 1 aromatic carbocycles. The van der Waals surface area contributed by atoms with Crippen LogP contribution in [0.5, 0.6) is 0 Å². The van der Waals surface area contributed by atoms with E-state index < -0.39 is 0 Å². The number of rotatable bonds is 5. The maximum absolute atomic E-state index is 12.8. The highest BCUT2D eigenvalue weighted by atomic mass is 35.5. The van der Waals surface area contributed by atoms with Crippen molar-refractivity contribution in [2.45, 2.75) is 70.4 Å². The number of carbonyl (C=O) groups excluding carboxylic acids is 1. The summed E-state index contributed by atoms with van der Waals surface area (Å²) in [5.41, 5.74) is 0.700. The fraction of sp³-hybridized carbons (Fsp3) is 0.609. The molecule has 0 radical (unpaired) electrons. The van der Waals surface area contributed by atoms with E-state index in [1.807, 2.05) is 0 Å². The molecule has 1 aliphatic heterocycles. The van der Waals surface area contributed by atoms with Gasteiger partial charge in [0.05, 0.1) is 11.6 Å². The smallest absolute Gasteiger partial charge is 0.241 e. The van der Waals surface area contributed by atoms with Crippen LogP contribution in [-0.4, -0.2) is 40.1 Å². The molecule has 1 N–H and O–H groups in total.